The van der Waals surface area contributed by atoms with E-state index in [-0.39, 0.29) is 11.7 Å². The normalized spacial score (nSPS) is 18.4. The first-order valence-corrected chi connectivity index (χ1v) is 11.4. The number of rotatable bonds is 6. The van der Waals surface area contributed by atoms with Gasteiger partial charge in [0, 0.05) is 25.2 Å². The van der Waals surface area contributed by atoms with Gasteiger partial charge in [0.15, 0.2) is 0 Å². The molecule has 1 amide bonds. The van der Waals surface area contributed by atoms with Gasteiger partial charge in [-0.3, -0.25) is 4.79 Å². The van der Waals surface area contributed by atoms with E-state index in [9.17, 15) is 9.18 Å². The Morgan fingerprint density at radius 3 is 2.29 bits per heavy atom. The van der Waals surface area contributed by atoms with Crippen molar-refractivity contribution < 1.29 is 13.9 Å². The average molecular weight is 423 g/mol. The first-order valence-electron chi connectivity index (χ1n) is 11.4. The summed E-state index contributed by atoms with van der Waals surface area (Å²) in [6.07, 6.45) is 9.70. The molecule has 2 aliphatic rings. The number of ether oxygens (including phenoxy) is 1. The van der Waals surface area contributed by atoms with E-state index in [0.717, 1.165) is 42.8 Å². The minimum absolute atomic E-state index is 0.0914. The third-order valence-corrected chi connectivity index (χ3v) is 6.30. The van der Waals surface area contributed by atoms with E-state index in [4.69, 9.17) is 4.74 Å². The molecule has 0 bridgehead atoms. The summed E-state index contributed by atoms with van der Waals surface area (Å²) in [4.78, 5) is 17.2. The third-order valence-electron chi connectivity index (χ3n) is 6.30. The molecular formula is C26H31FN2O2. The minimum atomic E-state index is -0.249. The largest absolute Gasteiger partial charge is 0.489 e. The standard InChI is InChI=1S/C26H31FN2O2/c27-23-9-4-22(5-10-23)20-31-25-11-6-21(7-12-25)8-13-26(30)29-18-14-24(15-19-29)28-16-2-1-3-17-28/h4-13,24H,1-3,14-20H2/b13-8+. The van der Waals surface area contributed by atoms with Crippen LogP contribution in [0.1, 0.15) is 43.2 Å². The molecule has 31 heavy (non-hydrogen) atoms. The molecule has 0 saturated carbocycles. The van der Waals surface area contributed by atoms with Gasteiger partial charge in [-0.25, -0.2) is 4.39 Å². The van der Waals surface area contributed by atoms with Crippen molar-refractivity contribution in [2.45, 2.75) is 44.8 Å². The maximum absolute atomic E-state index is 13.0. The van der Waals surface area contributed by atoms with Crippen molar-refractivity contribution in [3.63, 3.8) is 0 Å². The molecule has 4 nitrogen and oxygen atoms in total. The second-order valence-electron chi connectivity index (χ2n) is 8.47. The predicted molar refractivity (Wildman–Crippen MR) is 121 cm³/mol. The average Bonchev–Trinajstić information content (AvgIpc) is 2.83. The van der Waals surface area contributed by atoms with Crippen molar-refractivity contribution in [2.75, 3.05) is 26.2 Å². The number of carbonyl (C=O) groups excluding carboxylic acids is 1. The van der Waals surface area contributed by atoms with Crippen molar-refractivity contribution in [2.24, 2.45) is 0 Å². The lowest BCUT2D eigenvalue weighted by atomic mass is 10.00. The Labute approximate surface area is 184 Å². The highest BCUT2D eigenvalue weighted by atomic mass is 19.1. The Hall–Kier alpha value is -2.66. The van der Waals surface area contributed by atoms with Gasteiger partial charge in [-0.05, 0) is 80.2 Å². The molecule has 0 aliphatic carbocycles. The summed E-state index contributed by atoms with van der Waals surface area (Å²) in [5, 5.41) is 0. The molecule has 0 radical (unpaired) electrons. The lowest BCUT2D eigenvalue weighted by Gasteiger charge is -2.40. The van der Waals surface area contributed by atoms with Gasteiger partial charge < -0.3 is 14.5 Å². The van der Waals surface area contributed by atoms with Crippen LogP contribution in [0.3, 0.4) is 0 Å². The van der Waals surface area contributed by atoms with Crippen LogP contribution in [0.25, 0.3) is 6.08 Å². The summed E-state index contributed by atoms with van der Waals surface area (Å²) in [6.45, 7) is 4.53. The zero-order valence-corrected chi connectivity index (χ0v) is 18.0. The quantitative estimate of drug-likeness (QED) is 0.621. The van der Waals surface area contributed by atoms with E-state index < -0.39 is 0 Å². The van der Waals surface area contributed by atoms with Crippen LogP contribution in [-0.4, -0.2) is 47.9 Å². The Bertz CT molecular complexity index is 865. The fourth-order valence-electron chi connectivity index (χ4n) is 4.43. The lowest BCUT2D eigenvalue weighted by Crippen LogP contribution is -2.47. The van der Waals surface area contributed by atoms with Crippen LogP contribution < -0.4 is 4.74 Å². The first kappa shape index (κ1) is 21.6. The molecule has 0 unspecified atom stereocenters. The topological polar surface area (TPSA) is 32.8 Å². The molecule has 2 saturated heterocycles. The van der Waals surface area contributed by atoms with Crippen LogP contribution in [0, 0.1) is 5.82 Å². The number of hydrogen-bond acceptors (Lipinski definition) is 3. The van der Waals surface area contributed by atoms with Crippen molar-refractivity contribution in [3.8, 4) is 5.75 Å². The van der Waals surface area contributed by atoms with Crippen molar-refractivity contribution >= 4 is 12.0 Å². The van der Waals surface area contributed by atoms with E-state index in [1.807, 2.05) is 35.2 Å². The molecule has 2 aliphatic heterocycles. The Balaban J connectivity index is 1.22. The summed E-state index contributed by atoms with van der Waals surface area (Å²) < 4.78 is 18.7. The summed E-state index contributed by atoms with van der Waals surface area (Å²) in [6, 6.07) is 14.6. The molecule has 2 fully saturated rings. The molecule has 4 rings (SSSR count). The number of likely N-dealkylation sites (tertiary alicyclic amines) is 2. The van der Waals surface area contributed by atoms with Crippen LogP contribution >= 0.6 is 0 Å². The Kier molecular flexibility index (Phi) is 7.36. The van der Waals surface area contributed by atoms with Gasteiger partial charge >= 0.3 is 0 Å². The number of piperidine rings is 2. The Morgan fingerprint density at radius 2 is 1.61 bits per heavy atom. The Morgan fingerprint density at radius 1 is 0.935 bits per heavy atom. The molecule has 2 heterocycles. The zero-order valence-electron chi connectivity index (χ0n) is 18.0. The van der Waals surface area contributed by atoms with E-state index >= 15 is 0 Å². The smallest absolute Gasteiger partial charge is 0.246 e. The van der Waals surface area contributed by atoms with Gasteiger partial charge in [0.2, 0.25) is 5.91 Å². The van der Waals surface area contributed by atoms with Crippen LogP contribution in [0.15, 0.2) is 54.6 Å². The molecule has 0 atom stereocenters. The molecule has 2 aromatic rings. The molecule has 0 N–H and O–H groups in total. The molecular weight excluding hydrogens is 391 g/mol. The van der Waals surface area contributed by atoms with Crippen molar-refractivity contribution in [1.82, 2.24) is 9.80 Å². The van der Waals surface area contributed by atoms with Gasteiger partial charge in [0.05, 0.1) is 0 Å². The number of halogens is 1. The van der Waals surface area contributed by atoms with Crippen molar-refractivity contribution in [3.05, 3.63) is 71.6 Å². The fraction of sp³-hybridized carbons (Fsp3) is 0.423. The molecule has 5 heteroatoms. The number of nitrogens with zero attached hydrogens (tertiary/aromatic N) is 2. The van der Waals surface area contributed by atoms with Gasteiger partial charge in [-0.15, -0.1) is 0 Å². The highest BCUT2D eigenvalue weighted by Gasteiger charge is 2.26. The van der Waals surface area contributed by atoms with Crippen LogP contribution in [-0.2, 0) is 11.4 Å². The number of benzene rings is 2. The maximum Gasteiger partial charge on any atom is 0.246 e. The summed E-state index contributed by atoms with van der Waals surface area (Å²) in [5.41, 5.74) is 1.88. The van der Waals surface area contributed by atoms with Crippen molar-refractivity contribution in [1.29, 1.82) is 0 Å². The van der Waals surface area contributed by atoms with Gasteiger partial charge in [-0.2, -0.15) is 0 Å². The molecule has 0 spiro atoms. The minimum Gasteiger partial charge on any atom is -0.489 e. The van der Waals surface area contributed by atoms with E-state index in [1.54, 1.807) is 18.2 Å². The number of hydrogen-bond donors (Lipinski definition) is 0. The second kappa shape index (κ2) is 10.6. The van der Waals surface area contributed by atoms with Gasteiger partial charge in [0.25, 0.3) is 0 Å². The van der Waals surface area contributed by atoms with E-state index in [2.05, 4.69) is 4.90 Å². The fourth-order valence-corrected chi connectivity index (χ4v) is 4.43. The number of amides is 1. The van der Waals surface area contributed by atoms with Crippen LogP contribution in [0.2, 0.25) is 0 Å². The van der Waals surface area contributed by atoms with Crippen LogP contribution in [0.5, 0.6) is 5.75 Å². The summed E-state index contributed by atoms with van der Waals surface area (Å²) in [5.74, 6) is 0.585. The summed E-state index contributed by atoms with van der Waals surface area (Å²) in [7, 11) is 0. The van der Waals surface area contributed by atoms with E-state index in [0.29, 0.717) is 12.6 Å². The number of carbonyl (C=O) groups is 1. The molecule has 2 aromatic carbocycles. The highest BCUT2D eigenvalue weighted by Crippen LogP contribution is 2.21. The zero-order chi connectivity index (χ0) is 21.5. The van der Waals surface area contributed by atoms with Gasteiger partial charge in [0.1, 0.15) is 18.2 Å². The molecule has 164 valence electrons. The summed E-state index contributed by atoms with van der Waals surface area (Å²) >= 11 is 0. The maximum atomic E-state index is 13.0. The lowest BCUT2D eigenvalue weighted by molar-refractivity contribution is -0.127. The monoisotopic (exact) mass is 422 g/mol. The first-order chi connectivity index (χ1) is 15.2. The predicted octanol–water partition coefficient (Wildman–Crippen LogP) is 4.89. The van der Waals surface area contributed by atoms with Gasteiger partial charge in [-0.1, -0.05) is 30.7 Å². The second-order valence-corrected chi connectivity index (χ2v) is 8.47. The third kappa shape index (κ3) is 6.17. The molecule has 0 aromatic heterocycles. The van der Waals surface area contributed by atoms with E-state index in [1.165, 1.54) is 44.5 Å². The SMILES string of the molecule is O=C(/C=C/c1ccc(OCc2ccc(F)cc2)cc1)N1CCC(N2CCCCC2)CC1. The highest BCUT2D eigenvalue weighted by molar-refractivity contribution is 5.91. The van der Waals surface area contributed by atoms with Crippen LogP contribution in [0.4, 0.5) is 4.39 Å².